The number of fused-ring (bicyclic) bond motifs is 4. The van der Waals surface area contributed by atoms with Crippen LogP contribution in [0.5, 0.6) is 0 Å². The Kier molecular flexibility index (Phi) is 7.58. The Morgan fingerprint density at radius 1 is 0.444 bits per heavy atom. The zero-order chi connectivity index (χ0) is 31.0. The molecule has 5 aromatic carbocycles. The first-order chi connectivity index (χ1) is 22.1. The monoisotopic (exact) mass is 585 g/mol. The topological polar surface area (TPSA) is 3.24 Å². The lowest BCUT2D eigenvalue weighted by Crippen LogP contribution is -2.25. The number of hydrogen-bond donors (Lipinski definition) is 0. The SMILES string of the molecule is CCC1(CC)C2=C(c3ccccc31)C(CC)(CC)c1cc(/C=C/c3ccc(N(c4ccccc4)c4ccccc4)cc3)ccc12. The van der Waals surface area contributed by atoms with Crippen LogP contribution in [0.2, 0.25) is 0 Å². The van der Waals surface area contributed by atoms with Crippen molar-refractivity contribution in [1.29, 1.82) is 0 Å². The number of rotatable bonds is 9. The predicted molar refractivity (Wildman–Crippen MR) is 194 cm³/mol. The van der Waals surface area contributed by atoms with Gasteiger partial charge in [0.25, 0.3) is 0 Å². The van der Waals surface area contributed by atoms with Crippen molar-refractivity contribution in [3.63, 3.8) is 0 Å². The molecule has 0 spiro atoms. The molecule has 0 unspecified atom stereocenters. The number of hydrogen-bond acceptors (Lipinski definition) is 1. The smallest absolute Gasteiger partial charge is 0.0462 e. The molecule has 0 N–H and O–H groups in total. The third-order valence-corrected chi connectivity index (χ3v) is 10.8. The van der Waals surface area contributed by atoms with Crippen LogP contribution in [0.4, 0.5) is 17.1 Å². The van der Waals surface area contributed by atoms with E-state index in [1.807, 2.05) is 0 Å². The van der Waals surface area contributed by atoms with Crippen LogP contribution in [0.25, 0.3) is 23.3 Å². The first-order valence-corrected chi connectivity index (χ1v) is 16.8. The fourth-order valence-corrected chi connectivity index (χ4v) is 8.43. The lowest BCUT2D eigenvalue weighted by atomic mass is 9.69. The summed E-state index contributed by atoms with van der Waals surface area (Å²) in [6.45, 7) is 9.55. The quantitative estimate of drug-likeness (QED) is 0.156. The normalized spacial score (nSPS) is 15.6. The molecular weight excluding hydrogens is 542 g/mol. The van der Waals surface area contributed by atoms with Crippen LogP contribution >= 0.6 is 0 Å². The van der Waals surface area contributed by atoms with Crippen molar-refractivity contribution in [2.24, 2.45) is 0 Å². The van der Waals surface area contributed by atoms with E-state index in [0.717, 1.165) is 42.7 Å². The van der Waals surface area contributed by atoms with Gasteiger partial charge in [0.05, 0.1) is 0 Å². The van der Waals surface area contributed by atoms with E-state index in [9.17, 15) is 0 Å². The average molecular weight is 586 g/mol. The summed E-state index contributed by atoms with van der Waals surface area (Å²) < 4.78 is 0. The highest BCUT2D eigenvalue weighted by Gasteiger charge is 2.54. The highest BCUT2D eigenvalue weighted by atomic mass is 15.1. The van der Waals surface area contributed by atoms with Gasteiger partial charge in [0.1, 0.15) is 0 Å². The summed E-state index contributed by atoms with van der Waals surface area (Å²) in [5.74, 6) is 0. The molecule has 0 bridgehead atoms. The second-order valence-corrected chi connectivity index (χ2v) is 12.6. The highest BCUT2D eigenvalue weighted by molar-refractivity contribution is 6.10. The molecule has 0 aliphatic heterocycles. The molecule has 0 atom stereocenters. The van der Waals surface area contributed by atoms with Gasteiger partial charge in [-0.05, 0) is 107 Å². The Balaban J connectivity index is 1.23. The van der Waals surface area contributed by atoms with Crippen molar-refractivity contribution in [3.8, 4) is 0 Å². The highest BCUT2D eigenvalue weighted by Crippen LogP contribution is 2.66. The van der Waals surface area contributed by atoms with Crippen LogP contribution in [0.15, 0.2) is 127 Å². The largest absolute Gasteiger partial charge is 0.311 e. The number of benzene rings is 5. The molecule has 224 valence electrons. The van der Waals surface area contributed by atoms with Crippen molar-refractivity contribution in [1.82, 2.24) is 0 Å². The number of para-hydroxylation sites is 2. The Bertz CT molecular complexity index is 1830. The van der Waals surface area contributed by atoms with Gasteiger partial charge in [0.2, 0.25) is 0 Å². The minimum Gasteiger partial charge on any atom is -0.311 e. The first kappa shape index (κ1) is 29.1. The second-order valence-electron chi connectivity index (χ2n) is 12.6. The minimum atomic E-state index is 0.0523. The molecule has 1 heteroatoms. The van der Waals surface area contributed by atoms with E-state index < -0.39 is 0 Å². The van der Waals surface area contributed by atoms with Gasteiger partial charge >= 0.3 is 0 Å². The molecule has 0 amide bonds. The van der Waals surface area contributed by atoms with Gasteiger partial charge in [-0.1, -0.05) is 131 Å². The van der Waals surface area contributed by atoms with E-state index in [4.69, 9.17) is 0 Å². The minimum absolute atomic E-state index is 0.0523. The van der Waals surface area contributed by atoms with Gasteiger partial charge in [-0.2, -0.15) is 0 Å². The van der Waals surface area contributed by atoms with Crippen molar-refractivity contribution in [2.45, 2.75) is 64.2 Å². The molecule has 2 aliphatic carbocycles. The lowest BCUT2D eigenvalue weighted by Gasteiger charge is -2.34. The lowest BCUT2D eigenvalue weighted by molar-refractivity contribution is 0.518. The Hall–Kier alpha value is -4.62. The van der Waals surface area contributed by atoms with E-state index in [2.05, 4.69) is 172 Å². The van der Waals surface area contributed by atoms with Crippen molar-refractivity contribution >= 4 is 40.4 Å². The van der Waals surface area contributed by atoms with Crippen LogP contribution in [0, 0.1) is 0 Å². The van der Waals surface area contributed by atoms with E-state index in [1.54, 1.807) is 16.7 Å². The van der Waals surface area contributed by atoms with Crippen LogP contribution in [-0.4, -0.2) is 0 Å². The van der Waals surface area contributed by atoms with E-state index >= 15 is 0 Å². The third-order valence-electron chi connectivity index (χ3n) is 10.8. The van der Waals surface area contributed by atoms with Crippen molar-refractivity contribution < 1.29 is 0 Å². The molecule has 0 heterocycles. The molecule has 0 fully saturated rings. The molecule has 0 saturated carbocycles. The van der Waals surface area contributed by atoms with E-state index in [1.165, 1.54) is 27.8 Å². The van der Waals surface area contributed by atoms with Gasteiger partial charge in [-0.25, -0.2) is 0 Å². The van der Waals surface area contributed by atoms with Gasteiger partial charge in [0, 0.05) is 27.9 Å². The molecule has 5 aromatic rings. The summed E-state index contributed by atoms with van der Waals surface area (Å²) in [6, 6.07) is 46.6. The molecule has 7 rings (SSSR count). The molecule has 0 radical (unpaired) electrons. The van der Waals surface area contributed by atoms with Crippen LogP contribution in [0.1, 0.15) is 86.8 Å². The predicted octanol–water partition coefficient (Wildman–Crippen LogP) is 12.4. The van der Waals surface area contributed by atoms with Crippen LogP contribution in [-0.2, 0) is 10.8 Å². The van der Waals surface area contributed by atoms with Crippen molar-refractivity contribution in [2.75, 3.05) is 4.90 Å². The summed E-state index contributed by atoms with van der Waals surface area (Å²) >= 11 is 0. The first-order valence-electron chi connectivity index (χ1n) is 16.8. The van der Waals surface area contributed by atoms with Gasteiger partial charge in [0.15, 0.2) is 0 Å². The summed E-state index contributed by atoms with van der Waals surface area (Å²) in [6.07, 6.45) is 9.04. The summed E-state index contributed by atoms with van der Waals surface area (Å²) in [7, 11) is 0. The zero-order valence-electron chi connectivity index (χ0n) is 27.1. The molecule has 0 saturated heterocycles. The maximum Gasteiger partial charge on any atom is 0.0462 e. The fourth-order valence-electron chi connectivity index (χ4n) is 8.43. The number of anilines is 3. The van der Waals surface area contributed by atoms with Crippen LogP contribution < -0.4 is 4.90 Å². The van der Waals surface area contributed by atoms with Crippen LogP contribution in [0.3, 0.4) is 0 Å². The van der Waals surface area contributed by atoms with Crippen molar-refractivity contribution in [3.05, 3.63) is 161 Å². The fraction of sp³-hybridized carbons (Fsp3) is 0.227. The van der Waals surface area contributed by atoms with Gasteiger partial charge in [-0.15, -0.1) is 0 Å². The third kappa shape index (κ3) is 4.52. The molecule has 2 aliphatic rings. The van der Waals surface area contributed by atoms with E-state index in [-0.39, 0.29) is 10.8 Å². The van der Waals surface area contributed by atoms with Gasteiger partial charge in [-0.3, -0.25) is 0 Å². The van der Waals surface area contributed by atoms with E-state index in [0.29, 0.717) is 0 Å². The number of allylic oxidation sites excluding steroid dienone is 2. The second kappa shape index (κ2) is 11.7. The molecule has 0 aromatic heterocycles. The van der Waals surface area contributed by atoms with Gasteiger partial charge < -0.3 is 4.90 Å². The summed E-state index contributed by atoms with van der Waals surface area (Å²) in [5, 5.41) is 0. The number of nitrogens with zero attached hydrogens (tertiary/aromatic N) is 1. The maximum absolute atomic E-state index is 2.50. The molecule has 1 nitrogen and oxygen atoms in total. The Morgan fingerprint density at radius 2 is 0.889 bits per heavy atom. The maximum atomic E-state index is 2.50. The summed E-state index contributed by atoms with van der Waals surface area (Å²) in [5.41, 5.74) is 15.3. The molecule has 45 heavy (non-hydrogen) atoms. The zero-order valence-corrected chi connectivity index (χ0v) is 27.1. The average Bonchev–Trinajstić information content (AvgIpc) is 3.57. The summed E-state index contributed by atoms with van der Waals surface area (Å²) in [4.78, 5) is 2.31. The standard InChI is InChI=1S/C44H43N/c1-5-43(6-2)39-22-16-15-21-37(39)41-42(43)38-30-27-33(31-40(38)44(41,7-3)8-4)24-23-32-25-28-36(29-26-32)45(34-17-11-9-12-18-34)35-19-13-10-14-20-35/h9-31H,5-8H2,1-4H3/b24-23+. The Morgan fingerprint density at radius 3 is 1.47 bits per heavy atom. The molecular formula is C44H43N. The Labute approximate surface area is 269 Å².